The standard InChI is InChI=1S/C28H29N5O2/c1-15(2)33-14-17(4)26-22(27(34)29-13-23-16(3)8-18(5)31-28(23)35)9-21(11-25(26)33)19-6-7-20-12-30-32-24(20)10-19/h6-12,14-15H,13H2,1-5H3,(H,29,34)(H,30,32)(H,31,35). The summed E-state index contributed by atoms with van der Waals surface area (Å²) in [6, 6.07) is 12.4. The molecule has 0 aliphatic heterocycles. The molecule has 0 atom stereocenters. The van der Waals surface area contributed by atoms with Crippen LogP contribution in [0.3, 0.4) is 0 Å². The second-order valence-corrected chi connectivity index (χ2v) is 9.53. The zero-order valence-electron chi connectivity index (χ0n) is 20.6. The Morgan fingerprint density at radius 3 is 2.60 bits per heavy atom. The van der Waals surface area contributed by atoms with Gasteiger partial charge in [-0.25, -0.2) is 0 Å². The van der Waals surface area contributed by atoms with Crippen LogP contribution in [-0.2, 0) is 6.54 Å². The Bertz CT molecular complexity index is 1650. The number of hydrogen-bond donors (Lipinski definition) is 3. The predicted octanol–water partition coefficient (Wildman–Crippen LogP) is 5.31. The van der Waals surface area contributed by atoms with E-state index in [-0.39, 0.29) is 24.1 Å². The second kappa shape index (κ2) is 8.58. The van der Waals surface area contributed by atoms with Gasteiger partial charge in [-0.2, -0.15) is 5.10 Å². The molecule has 5 aromatic rings. The number of rotatable bonds is 5. The lowest BCUT2D eigenvalue weighted by Crippen LogP contribution is -2.28. The van der Waals surface area contributed by atoms with Gasteiger partial charge < -0.3 is 14.9 Å². The van der Waals surface area contributed by atoms with E-state index in [1.807, 2.05) is 45.0 Å². The molecule has 35 heavy (non-hydrogen) atoms. The van der Waals surface area contributed by atoms with Gasteiger partial charge in [0.1, 0.15) is 0 Å². The monoisotopic (exact) mass is 467 g/mol. The van der Waals surface area contributed by atoms with Crippen molar-refractivity contribution in [1.29, 1.82) is 0 Å². The van der Waals surface area contributed by atoms with Gasteiger partial charge in [0.25, 0.3) is 11.5 Å². The molecule has 7 heteroatoms. The number of fused-ring (bicyclic) bond motifs is 2. The van der Waals surface area contributed by atoms with Gasteiger partial charge in [0, 0.05) is 51.9 Å². The predicted molar refractivity (Wildman–Crippen MR) is 140 cm³/mol. The number of benzene rings is 2. The molecule has 3 aromatic heterocycles. The average molecular weight is 468 g/mol. The molecule has 0 saturated heterocycles. The van der Waals surface area contributed by atoms with E-state index in [0.717, 1.165) is 49.8 Å². The van der Waals surface area contributed by atoms with Crippen molar-refractivity contribution in [3.05, 3.63) is 87.1 Å². The fourth-order valence-electron chi connectivity index (χ4n) is 4.84. The van der Waals surface area contributed by atoms with Crippen molar-refractivity contribution in [2.45, 2.75) is 47.2 Å². The molecule has 1 amide bonds. The summed E-state index contributed by atoms with van der Waals surface area (Å²) >= 11 is 0. The average Bonchev–Trinajstić information content (AvgIpc) is 3.41. The fourth-order valence-corrected chi connectivity index (χ4v) is 4.84. The first kappa shape index (κ1) is 22.7. The van der Waals surface area contributed by atoms with Crippen LogP contribution in [0.5, 0.6) is 0 Å². The highest BCUT2D eigenvalue weighted by molar-refractivity contribution is 6.09. The number of aromatic nitrogens is 4. The minimum atomic E-state index is -0.205. The smallest absolute Gasteiger partial charge is 0.253 e. The van der Waals surface area contributed by atoms with E-state index < -0.39 is 0 Å². The summed E-state index contributed by atoms with van der Waals surface area (Å²) in [4.78, 5) is 28.8. The van der Waals surface area contributed by atoms with E-state index in [0.29, 0.717) is 11.1 Å². The van der Waals surface area contributed by atoms with Crippen LogP contribution in [0.2, 0.25) is 0 Å². The number of carbonyl (C=O) groups excluding carboxylic acids is 1. The summed E-state index contributed by atoms with van der Waals surface area (Å²) in [5.41, 5.74) is 7.60. The third-order valence-corrected chi connectivity index (χ3v) is 6.62. The molecule has 0 bridgehead atoms. The zero-order chi connectivity index (χ0) is 24.9. The van der Waals surface area contributed by atoms with Crippen LogP contribution in [0.4, 0.5) is 0 Å². The number of carbonyl (C=O) groups is 1. The molecular weight excluding hydrogens is 438 g/mol. The minimum absolute atomic E-state index is 0.163. The second-order valence-electron chi connectivity index (χ2n) is 9.53. The summed E-state index contributed by atoms with van der Waals surface area (Å²) in [5.74, 6) is -0.205. The Hall–Kier alpha value is -4.13. The Morgan fingerprint density at radius 1 is 1.06 bits per heavy atom. The quantitative estimate of drug-likeness (QED) is 0.327. The number of pyridine rings is 1. The van der Waals surface area contributed by atoms with Crippen LogP contribution in [-0.4, -0.2) is 25.7 Å². The van der Waals surface area contributed by atoms with E-state index in [2.05, 4.69) is 57.2 Å². The molecule has 7 nitrogen and oxygen atoms in total. The summed E-state index contributed by atoms with van der Waals surface area (Å²) in [5, 5.41) is 12.1. The van der Waals surface area contributed by atoms with Gasteiger partial charge in [-0.3, -0.25) is 14.7 Å². The maximum absolute atomic E-state index is 13.6. The lowest BCUT2D eigenvalue weighted by molar-refractivity contribution is 0.0952. The lowest BCUT2D eigenvalue weighted by atomic mass is 9.97. The van der Waals surface area contributed by atoms with Crippen LogP contribution < -0.4 is 10.9 Å². The van der Waals surface area contributed by atoms with Crippen molar-refractivity contribution in [1.82, 2.24) is 25.1 Å². The van der Waals surface area contributed by atoms with Crippen molar-refractivity contribution in [2.24, 2.45) is 0 Å². The SMILES string of the molecule is Cc1cc(C)c(CNC(=O)c2cc(-c3ccc4cn[nH]c4c3)cc3c2c(C)cn3C(C)C)c(=O)[nH]1. The summed E-state index contributed by atoms with van der Waals surface area (Å²) < 4.78 is 2.20. The molecule has 0 spiro atoms. The van der Waals surface area contributed by atoms with Crippen LogP contribution >= 0.6 is 0 Å². The van der Waals surface area contributed by atoms with Crippen LogP contribution in [0.25, 0.3) is 32.9 Å². The van der Waals surface area contributed by atoms with Gasteiger partial charge in [0.05, 0.1) is 11.7 Å². The first-order valence-corrected chi connectivity index (χ1v) is 11.8. The topological polar surface area (TPSA) is 95.6 Å². The van der Waals surface area contributed by atoms with Crippen LogP contribution in [0.15, 0.2) is 53.6 Å². The molecule has 5 rings (SSSR count). The van der Waals surface area contributed by atoms with Gasteiger partial charge in [-0.15, -0.1) is 0 Å². The van der Waals surface area contributed by atoms with Crippen molar-refractivity contribution < 1.29 is 4.79 Å². The molecule has 0 fully saturated rings. The highest BCUT2D eigenvalue weighted by Gasteiger charge is 2.19. The largest absolute Gasteiger partial charge is 0.348 e. The molecule has 3 N–H and O–H groups in total. The highest BCUT2D eigenvalue weighted by Crippen LogP contribution is 2.33. The maximum Gasteiger partial charge on any atom is 0.253 e. The van der Waals surface area contributed by atoms with E-state index in [1.54, 1.807) is 6.20 Å². The van der Waals surface area contributed by atoms with E-state index >= 15 is 0 Å². The van der Waals surface area contributed by atoms with Crippen molar-refractivity contribution in [3.8, 4) is 11.1 Å². The Balaban J connectivity index is 1.61. The van der Waals surface area contributed by atoms with Crippen LogP contribution in [0, 0.1) is 20.8 Å². The molecule has 0 aliphatic carbocycles. The Kier molecular flexibility index (Phi) is 5.55. The first-order chi connectivity index (χ1) is 16.7. The number of aryl methyl sites for hydroxylation is 3. The van der Waals surface area contributed by atoms with Gasteiger partial charge in [-0.05, 0) is 81.1 Å². The van der Waals surface area contributed by atoms with Gasteiger partial charge >= 0.3 is 0 Å². The normalized spacial score (nSPS) is 11.6. The third kappa shape index (κ3) is 4.03. The maximum atomic E-state index is 13.6. The summed E-state index contributed by atoms with van der Waals surface area (Å²) in [6.45, 7) is 10.2. The number of hydrogen-bond acceptors (Lipinski definition) is 3. The summed E-state index contributed by atoms with van der Waals surface area (Å²) in [6.07, 6.45) is 3.89. The first-order valence-electron chi connectivity index (χ1n) is 11.8. The zero-order valence-corrected chi connectivity index (χ0v) is 20.6. The van der Waals surface area contributed by atoms with Crippen LogP contribution in [0.1, 0.15) is 52.6 Å². The number of aromatic amines is 2. The molecule has 0 unspecified atom stereocenters. The molecule has 0 radical (unpaired) electrons. The number of nitrogens with zero attached hydrogens (tertiary/aromatic N) is 2. The van der Waals surface area contributed by atoms with Gasteiger partial charge in [-0.1, -0.05) is 12.1 Å². The van der Waals surface area contributed by atoms with Crippen molar-refractivity contribution in [3.63, 3.8) is 0 Å². The van der Waals surface area contributed by atoms with E-state index in [9.17, 15) is 9.59 Å². The number of H-pyrrole nitrogens is 2. The molecule has 178 valence electrons. The lowest BCUT2D eigenvalue weighted by Gasteiger charge is -2.14. The van der Waals surface area contributed by atoms with Crippen molar-refractivity contribution in [2.75, 3.05) is 0 Å². The van der Waals surface area contributed by atoms with Gasteiger partial charge in [0.15, 0.2) is 0 Å². The molecular formula is C28H29N5O2. The highest BCUT2D eigenvalue weighted by atomic mass is 16.1. The summed E-state index contributed by atoms with van der Waals surface area (Å²) in [7, 11) is 0. The Labute approximate surface area is 203 Å². The third-order valence-electron chi connectivity index (χ3n) is 6.62. The van der Waals surface area contributed by atoms with E-state index in [1.165, 1.54) is 0 Å². The number of nitrogens with one attached hydrogen (secondary N) is 3. The minimum Gasteiger partial charge on any atom is -0.348 e. The van der Waals surface area contributed by atoms with E-state index in [4.69, 9.17) is 0 Å². The number of amides is 1. The molecule has 3 heterocycles. The molecule has 2 aromatic carbocycles. The fraction of sp³-hybridized carbons (Fsp3) is 0.250. The molecule has 0 saturated carbocycles. The Morgan fingerprint density at radius 2 is 1.86 bits per heavy atom. The van der Waals surface area contributed by atoms with Gasteiger partial charge in [0.2, 0.25) is 0 Å². The molecule has 0 aliphatic rings. The van der Waals surface area contributed by atoms with Crippen molar-refractivity contribution >= 4 is 27.7 Å².